The number of oxime groups is 1. The van der Waals surface area contributed by atoms with Crippen molar-refractivity contribution in [3.63, 3.8) is 0 Å². The van der Waals surface area contributed by atoms with Crippen LogP contribution in [0.3, 0.4) is 0 Å². The van der Waals surface area contributed by atoms with Crippen molar-refractivity contribution >= 4 is 5.84 Å². The smallest absolute Gasteiger partial charge is 0.173 e. The third kappa shape index (κ3) is 2.92. The van der Waals surface area contributed by atoms with Gasteiger partial charge in [-0.2, -0.15) is 0 Å². The number of nitrogens with two attached hydrogens (primary N) is 1. The van der Waals surface area contributed by atoms with Crippen LogP contribution in [0.4, 0.5) is 0 Å². The van der Waals surface area contributed by atoms with Gasteiger partial charge in [-0.15, -0.1) is 0 Å². The molecule has 1 aliphatic rings. The topological polar surface area (TPSA) is 77.1 Å². The second-order valence-corrected chi connectivity index (χ2v) is 4.43. The molecule has 0 amide bonds. The van der Waals surface area contributed by atoms with Crippen LogP contribution in [0.5, 0.6) is 5.75 Å². The molecule has 1 aromatic carbocycles. The molecule has 0 spiro atoms. The van der Waals surface area contributed by atoms with E-state index in [9.17, 15) is 0 Å². The normalized spacial score (nSPS) is 20.1. The zero-order valence-electron chi connectivity index (χ0n) is 10.4. The summed E-state index contributed by atoms with van der Waals surface area (Å²) in [6.07, 6.45) is 2.24. The molecular weight excluding hydrogens is 232 g/mol. The molecule has 5 heteroatoms. The molecule has 1 unspecified atom stereocenters. The molecule has 1 fully saturated rings. The molecule has 0 aromatic heterocycles. The van der Waals surface area contributed by atoms with Crippen molar-refractivity contribution in [1.82, 2.24) is 0 Å². The van der Waals surface area contributed by atoms with Crippen molar-refractivity contribution in [3.05, 3.63) is 29.3 Å². The largest absolute Gasteiger partial charge is 0.490 e. The van der Waals surface area contributed by atoms with Crippen molar-refractivity contribution in [2.75, 3.05) is 13.2 Å². The molecule has 1 heterocycles. The Morgan fingerprint density at radius 1 is 1.61 bits per heavy atom. The lowest BCUT2D eigenvalue weighted by molar-refractivity contribution is 0.0679. The number of benzene rings is 1. The van der Waals surface area contributed by atoms with Crippen LogP contribution in [-0.2, 0) is 4.74 Å². The predicted molar refractivity (Wildman–Crippen MR) is 68.2 cm³/mol. The summed E-state index contributed by atoms with van der Waals surface area (Å²) in [6, 6.07) is 5.59. The molecule has 5 nitrogen and oxygen atoms in total. The summed E-state index contributed by atoms with van der Waals surface area (Å²) in [5, 5.41) is 11.8. The van der Waals surface area contributed by atoms with Gasteiger partial charge in [-0.05, 0) is 31.9 Å². The Labute approximate surface area is 106 Å². The molecule has 18 heavy (non-hydrogen) atoms. The van der Waals surface area contributed by atoms with E-state index < -0.39 is 0 Å². The molecule has 1 aromatic rings. The third-order valence-electron chi connectivity index (χ3n) is 2.97. The van der Waals surface area contributed by atoms with Crippen LogP contribution >= 0.6 is 0 Å². The van der Waals surface area contributed by atoms with Gasteiger partial charge in [0.25, 0.3) is 0 Å². The lowest BCUT2D eigenvalue weighted by Gasteiger charge is -2.14. The van der Waals surface area contributed by atoms with Gasteiger partial charge in [-0.25, -0.2) is 0 Å². The van der Waals surface area contributed by atoms with E-state index in [1.807, 2.05) is 25.1 Å². The molecule has 2 rings (SSSR count). The number of ether oxygens (including phenoxy) is 2. The van der Waals surface area contributed by atoms with Crippen molar-refractivity contribution < 1.29 is 14.7 Å². The lowest BCUT2D eigenvalue weighted by Crippen LogP contribution is -2.19. The lowest BCUT2D eigenvalue weighted by atomic mass is 10.1. The average molecular weight is 250 g/mol. The first-order chi connectivity index (χ1) is 8.70. The van der Waals surface area contributed by atoms with E-state index in [4.69, 9.17) is 20.4 Å². The van der Waals surface area contributed by atoms with Crippen LogP contribution in [0.15, 0.2) is 23.4 Å². The summed E-state index contributed by atoms with van der Waals surface area (Å²) in [7, 11) is 0. The highest BCUT2D eigenvalue weighted by Gasteiger charge is 2.17. The summed E-state index contributed by atoms with van der Waals surface area (Å²) in [5.74, 6) is 0.674. The van der Waals surface area contributed by atoms with Gasteiger partial charge in [0.1, 0.15) is 12.4 Å². The van der Waals surface area contributed by atoms with Gasteiger partial charge in [-0.1, -0.05) is 16.8 Å². The van der Waals surface area contributed by atoms with Crippen molar-refractivity contribution in [1.29, 1.82) is 0 Å². The van der Waals surface area contributed by atoms with Crippen LogP contribution < -0.4 is 10.5 Å². The molecule has 1 saturated heterocycles. The van der Waals surface area contributed by atoms with Gasteiger partial charge in [-0.3, -0.25) is 0 Å². The fourth-order valence-electron chi connectivity index (χ4n) is 1.98. The summed E-state index contributed by atoms with van der Waals surface area (Å²) in [6.45, 7) is 3.24. The maximum Gasteiger partial charge on any atom is 0.173 e. The quantitative estimate of drug-likeness (QED) is 0.368. The van der Waals surface area contributed by atoms with E-state index >= 15 is 0 Å². The summed E-state index contributed by atoms with van der Waals surface area (Å²) < 4.78 is 11.2. The van der Waals surface area contributed by atoms with Crippen LogP contribution in [0.25, 0.3) is 0 Å². The van der Waals surface area contributed by atoms with Gasteiger partial charge in [0, 0.05) is 6.61 Å². The van der Waals surface area contributed by atoms with Gasteiger partial charge < -0.3 is 20.4 Å². The van der Waals surface area contributed by atoms with Gasteiger partial charge in [0.15, 0.2) is 5.84 Å². The number of amidine groups is 1. The average Bonchev–Trinajstić information content (AvgIpc) is 2.89. The van der Waals surface area contributed by atoms with E-state index in [0.717, 1.165) is 25.0 Å². The van der Waals surface area contributed by atoms with Crippen molar-refractivity contribution in [2.45, 2.75) is 25.9 Å². The third-order valence-corrected chi connectivity index (χ3v) is 2.97. The zero-order chi connectivity index (χ0) is 13.0. The summed E-state index contributed by atoms with van der Waals surface area (Å²) in [4.78, 5) is 0. The molecular formula is C13H18N2O3. The minimum absolute atomic E-state index is 0.0565. The van der Waals surface area contributed by atoms with Crippen LogP contribution in [-0.4, -0.2) is 30.4 Å². The number of hydrogen-bond acceptors (Lipinski definition) is 4. The molecule has 1 aliphatic heterocycles. The molecule has 1 atom stereocenters. The SMILES string of the molecule is Cc1ccc(OCC2CCCO2)c(/C(N)=N/O)c1. The monoisotopic (exact) mass is 250 g/mol. The van der Waals surface area contributed by atoms with E-state index in [1.54, 1.807) is 0 Å². The highest BCUT2D eigenvalue weighted by Crippen LogP contribution is 2.21. The molecule has 3 N–H and O–H groups in total. The Bertz CT molecular complexity index is 440. The first-order valence-corrected chi connectivity index (χ1v) is 6.03. The van der Waals surface area contributed by atoms with Gasteiger partial charge in [0.2, 0.25) is 0 Å². The van der Waals surface area contributed by atoms with E-state index in [0.29, 0.717) is 17.9 Å². The summed E-state index contributed by atoms with van der Waals surface area (Å²) in [5.41, 5.74) is 7.27. The van der Waals surface area contributed by atoms with E-state index in [1.165, 1.54) is 0 Å². The van der Waals surface area contributed by atoms with Gasteiger partial charge >= 0.3 is 0 Å². The van der Waals surface area contributed by atoms with Crippen LogP contribution in [0.1, 0.15) is 24.0 Å². The number of aryl methyl sites for hydroxylation is 1. The summed E-state index contributed by atoms with van der Waals surface area (Å²) >= 11 is 0. The van der Waals surface area contributed by atoms with Crippen molar-refractivity contribution in [2.24, 2.45) is 10.9 Å². The molecule has 0 saturated carbocycles. The standard InChI is InChI=1S/C13H18N2O3/c1-9-4-5-12(11(7-9)13(14)15-16)18-8-10-3-2-6-17-10/h4-5,7,10,16H,2-3,6,8H2,1H3,(H2,14,15). The van der Waals surface area contributed by atoms with Gasteiger partial charge in [0.05, 0.1) is 11.7 Å². The zero-order valence-corrected chi connectivity index (χ0v) is 10.4. The maximum atomic E-state index is 8.77. The highest BCUT2D eigenvalue weighted by atomic mass is 16.5. The first kappa shape index (κ1) is 12.7. The Balaban J connectivity index is 2.10. The second kappa shape index (κ2) is 5.73. The van der Waals surface area contributed by atoms with E-state index in [2.05, 4.69) is 5.16 Å². The maximum absolute atomic E-state index is 8.77. The first-order valence-electron chi connectivity index (χ1n) is 6.03. The molecule has 98 valence electrons. The fraction of sp³-hybridized carbons (Fsp3) is 0.462. The minimum atomic E-state index is 0.0565. The number of rotatable bonds is 4. The van der Waals surface area contributed by atoms with E-state index in [-0.39, 0.29) is 11.9 Å². The highest BCUT2D eigenvalue weighted by molar-refractivity contribution is 5.99. The predicted octanol–water partition coefficient (Wildman–Crippen LogP) is 1.65. The Kier molecular flexibility index (Phi) is 4.04. The Morgan fingerprint density at radius 2 is 2.44 bits per heavy atom. The van der Waals surface area contributed by atoms with Crippen LogP contribution in [0, 0.1) is 6.92 Å². The molecule has 0 radical (unpaired) electrons. The Morgan fingerprint density at radius 3 is 3.11 bits per heavy atom. The molecule has 0 bridgehead atoms. The fourth-order valence-corrected chi connectivity index (χ4v) is 1.98. The van der Waals surface area contributed by atoms with Crippen LogP contribution in [0.2, 0.25) is 0 Å². The Hall–Kier alpha value is -1.75. The number of nitrogens with zero attached hydrogens (tertiary/aromatic N) is 1. The van der Waals surface area contributed by atoms with Crippen molar-refractivity contribution in [3.8, 4) is 5.75 Å². The second-order valence-electron chi connectivity index (χ2n) is 4.43. The minimum Gasteiger partial charge on any atom is -0.490 e. The molecule has 0 aliphatic carbocycles. The number of hydrogen-bond donors (Lipinski definition) is 2.